The summed E-state index contributed by atoms with van der Waals surface area (Å²) in [6.45, 7) is 6.63. The maximum atomic E-state index is 12.0. The lowest BCUT2D eigenvalue weighted by Gasteiger charge is -2.21. The number of nitrogens with zero attached hydrogens (tertiary/aromatic N) is 2. The first-order valence-corrected chi connectivity index (χ1v) is 6.69. The third-order valence-electron chi connectivity index (χ3n) is 2.48. The highest BCUT2D eigenvalue weighted by Gasteiger charge is 2.19. The van der Waals surface area contributed by atoms with Crippen LogP contribution in [-0.4, -0.2) is 28.9 Å². The van der Waals surface area contributed by atoms with Crippen LogP contribution in [0.15, 0.2) is 5.38 Å². The molecule has 0 fully saturated rings. The molecule has 0 aliphatic carbocycles. The first-order valence-electron chi connectivity index (χ1n) is 5.81. The van der Waals surface area contributed by atoms with Gasteiger partial charge in [0.15, 0.2) is 0 Å². The summed E-state index contributed by atoms with van der Waals surface area (Å²) in [4.78, 5) is 18.0. The molecule has 2 N–H and O–H groups in total. The van der Waals surface area contributed by atoms with Crippen molar-refractivity contribution in [2.45, 2.75) is 39.8 Å². The van der Waals surface area contributed by atoms with Crippen LogP contribution in [0.1, 0.15) is 31.0 Å². The van der Waals surface area contributed by atoms with E-state index in [0.29, 0.717) is 12.5 Å². The maximum Gasteiger partial charge on any atom is 0.239 e. The Balaban J connectivity index is 2.52. The van der Waals surface area contributed by atoms with Gasteiger partial charge in [-0.2, -0.15) is 0 Å². The van der Waals surface area contributed by atoms with Crippen molar-refractivity contribution in [1.29, 1.82) is 0 Å². The van der Waals surface area contributed by atoms with Crippen LogP contribution in [0.5, 0.6) is 0 Å². The van der Waals surface area contributed by atoms with Crippen LogP contribution in [0.25, 0.3) is 0 Å². The van der Waals surface area contributed by atoms with E-state index in [1.165, 1.54) is 0 Å². The Morgan fingerprint density at radius 2 is 2.24 bits per heavy atom. The SMILES string of the molecule is Cc1nc(CN(C)C(=O)[C@H](N)CC(C)C)cs1. The van der Waals surface area contributed by atoms with Crippen molar-refractivity contribution in [2.24, 2.45) is 11.7 Å². The lowest BCUT2D eigenvalue weighted by atomic mass is 10.0. The van der Waals surface area contributed by atoms with Gasteiger partial charge in [-0.15, -0.1) is 11.3 Å². The van der Waals surface area contributed by atoms with E-state index in [4.69, 9.17) is 5.73 Å². The zero-order valence-corrected chi connectivity index (χ0v) is 11.8. The third kappa shape index (κ3) is 4.44. The molecule has 0 saturated carbocycles. The minimum atomic E-state index is -0.403. The smallest absolute Gasteiger partial charge is 0.239 e. The predicted molar refractivity (Wildman–Crippen MR) is 70.8 cm³/mol. The van der Waals surface area contributed by atoms with Crippen LogP contribution in [0.2, 0.25) is 0 Å². The molecule has 0 unspecified atom stereocenters. The lowest BCUT2D eigenvalue weighted by molar-refractivity contribution is -0.132. The Kier molecular flexibility index (Phi) is 5.08. The molecule has 17 heavy (non-hydrogen) atoms. The van der Waals surface area contributed by atoms with Gasteiger partial charge in [0, 0.05) is 12.4 Å². The minimum Gasteiger partial charge on any atom is -0.338 e. The number of rotatable bonds is 5. The Morgan fingerprint density at radius 1 is 1.59 bits per heavy atom. The van der Waals surface area contributed by atoms with Crippen molar-refractivity contribution in [1.82, 2.24) is 9.88 Å². The van der Waals surface area contributed by atoms with Crippen LogP contribution < -0.4 is 5.73 Å². The molecule has 0 bridgehead atoms. The van der Waals surface area contributed by atoms with E-state index in [-0.39, 0.29) is 5.91 Å². The molecule has 1 aromatic rings. The molecule has 0 saturated heterocycles. The normalized spacial score (nSPS) is 12.8. The number of likely N-dealkylation sites (N-methyl/N-ethyl adjacent to an activating group) is 1. The minimum absolute atomic E-state index is 0.00986. The first-order chi connectivity index (χ1) is 7.90. The van der Waals surface area contributed by atoms with E-state index < -0.39 is 6.04 Å². The van der Waals surface area contributed by atoms with Crippen LogP contribution in [0.3, 0.4) is 0 Å². The number of aryl methyl sites for hydroxylation is 1. The van der Waals surface area contributed by atoms with Gasteiger partial charge >= 0.3 is 0 Å². The van der Waals surface area contributed by atoms with E-state index in [0.717, 1.165) is 17.1 Å². The van der Waals surface area contributed by atoms with Crippen LogP contribution >= 0.6 is 11.3 Å². The molecular weight excluding hydrogens is 234 g/mol. The Labute approximate surface area is 107 Å². The van der Waals surface area contributed by atoms with Crippen LogP contribution in [0, 0.1) is 12.8 Å². The van der Waals surface area contributed by atoms with Crippen molar-refractivity contribution in [3.8, 4) is 0 Å². The summed E-state index contributed by atoms with van der Waals surface area (Å²) in [5.74, 6) is 0.424. The molecule has 0 radical (unpaired) electrons. The van der Waals surface area contributed by atoms with Gasteiger partial charge in [-0.25, -0.2) is 4.98 Å². The summed E-state index contributed by atoms with van der Waals surface area (Å²) >= 11 is 1.60. The van der Waals surface area contributed by atoms with Gasteiger partial charge in [0.1, 0.15) is 0 Å². The number of carbonyl (C=O) groups is 1. The number of hydrogen-bond donors (Lipinski definition) is 1. The second-order valence-electron chi connectivity index (χ2n) is 4.79. The van der Waals surface area contributed by atoms with Gasteiger partial charge in [0.2, 0.25) is 5.91 Å². The predicted octanol–water partition coefficient (Wildman–Crippen LogP) is 1.78. The molecular formula is C12H21N3OS. The average Bonchev–Trinajstić information content (AvgIpc) is 2.61. The number of nitrogens with two attached hydrogens (primary N) is 1. The lowest BCUT2D eigenvalue weighted by Crippen LogP contribution is -2.42. The van der Waals surface area contributed by atoms with Gasteiger partial charge in [-0.05, 0) is 19.3 Å². The molecule has 1 rings (SSSR count). The molecule has 1 atom stereocenters. The number of aromatic nitrogens is 1. The van der Waals surface area contributed by atoms with Crippen molar-refractivity contribution in [3.63, 3.8) is 0 Å². The summed E-state index contributed by atoms with van der Waals surface area (Å²) in [5.41, 5.74) is 6.80. The summed E-state index contributed by atoms with van der Waals surface area (Å²) in [5, 5.41) is 3.00. The zero-order valence-electron chi connectivity index (χ0n) is 10.9. The number of carbonyl (C=O) groups excluding carboxylic acids is 1. The van der Waals surface area contributed by atoms with Crippen molar-refractivity contribution >= 4 is 17.2 Å². The fraction of sp³-hybridized carbons (Fsp3) is 0.667. The molecule has 5 heteroatoms. The second-order valence-corrected chi connectivity index (χ2v) is 5.85. The fourth-order valence-corrected chi connectivity index (χ4v) is 2.30. The van der Waals surface area contributed by atoms with Gasteiger partial charge < -0.3 is 10.6 Å². The van der Waals surface area contributed by atoms with Crippen LogP contribution in [0.4, 0.5) is 0 Å². The van der Waals surface area contributed by atoms with Crippen molar-refractivity contribution in [2.75, 3.05) is 7.05 Å². The molecule has 1 amide bonds. The topological polar surface area (TPSA) is 59.2 Å². The molecule has 4 nitrogen and oxygen atoms in total. The van der Waals surface area contributed by atoms with E-state index in [1.807, 2.05) is 12.3 Å². The Morgan fingerprint density at radius 3 is 2.71 bits per heavy atom. The highest BCUT2D eigenvalue weighted by Crippen LogP contribution is 2.11. The average molecular weight is 255 g/mol. The van der Waals surface area contributed by atoms with Gasteiger partial charge in [0.25, 0.3) is 0 Å². The van der Waals surface area contributed by atoms with E-state index in [9.17, 15) is 4.79 Å². The third-order valence-corrected chi connectivity index (χ3v) is 3.31. The van der Waals surface area contributed by atoms with Gasteiger partial charge in [-0.3, -0.25) is 4.79 Å². The zero-order chi connectivity index (χ0) is 13.0. The molecule has 0 spiro atoms. The van der Waals surface area contributed by atoms with Crippen molar-refractivity contribution in [3.05, 3.63) is 16.1 Å². The highest BCUT2D eigenvalue weighted by atomic mass is 32.1. The van der Waals surface area contributed by atoms with Gasteiger partial charge in [-0.1, -0.05) is 13.8 Å². The quantitative estimate of drug-likeness (QED) is 0.872. The Bertz CT molecular complexity index is 376. The second kappa shape index (κ2) is 6.12. The van der Waals surface area contributed by atoms with E-state index >= 15 is 0 Å². The van der Waals surface area contributed by atoms with Crippen molar-refractivity contribution < 1.29 is 4.79 Å². The summed E-state index contributed by atoms with van der Waals surface area (Å²) in [6.07, 6.45) is 0.721. The molecule has 96 valence electrons. The molecule has 1 aromatic heterocycles. The fourth-order valence-electron chi connectivity index (χ4n) is 1.69. The monoisotopic (exact) mass is 255 g/mol. The molecule has 1 heterocycles. The standard InChI is InChI=1S/C12H21N3OS/c1-8(2)5-11(13)12(16)15(4)6-10-7-17-9(3)14-10/h7-8,11H,5-6,13H2,1-4H3/t11-/m1/s1. The number of thiazole rings is 1. The molecule has 0 aliphatic rings. The van der Waals surface area contributed by atoms with Gasteiger partial charge in [0.05, 0.1) is 23.3 Å². The first kappa shape index (κ1) is 14.1. The van der Waals surface area contributed by atoms with E-state index in [1.54, 1.807) is 23.3 Å². The Hall–Kier alpha value is -0.940. The largest absolute Gasteiger partial charge is 0.338 e. The number of hydrogen-bond acceptors (Lipinski definition) is 4. The highest BCUT2D eigenvalue weighted by molar-refractivity contribution is 7.09. The molecule has 0 aliphatic heterocycles. The molecule has 0 aromatic carbocycles. The van der Waals surface area contributed by atoms with E-state index in [2.05, 4.69) is 18.8 Å². The summed E-state index contributed by atoms with van der Waals surface area (Å²) in [7, 11) is 1.78. The summed E-state index contributed by atoms with van der Waals surface area (Å²) < 4.78 is 0. The summed E-state index contributed by atoms with van der Waals surface area (Å²) in [6, 6.07) is -0.403. The number of amides is 1. The van der Waals surface area contributed by atoms with Crippen LogP contribution in [-0.2, 0) is 11.3 Å². The maximum absolute atomic E-state index is 12.0.